The fraction of sp³-hybridized carbons (Fsp3) is 0.222. The van der Waals surface area contributed by atoms with Crippen LogP contribution in [-0.2, 0) is 13.2 Å². The molecule has 0 saturated carbocycles. The Balaban J connectivity index is 1.74. The van der Waals surface area contributed by atoms with Crippen molar-refractivity contribution in [1.29, 1.82) is 0 Å². The molecule has 6 nitrogen and oxygen atoms in total. The van der Waals surface area contributed by atoms with Gasteiger partial charge in [0.1, 0.15) is 12.9 Å². The molecule has 1 aromatic heterocycles. The van der Waals surface area contributed by atoms with E-state index in [9.17, 15) is 0 Å². The average Bonchev–Trinajstić information content (AvgIpc) is 3.04. The van der Waals surface area contributed by atoms with Crippen LogP contribution in [0.15, 0.2) is 42.7 Å². The van der Waals surface area contributed by atoms with Crippen molar-refractivity contribution in [2.45, 2.75) is 20.1 Å². The lowest BCUT2D eigenvalue weighted by molar-refractivity contribution is 0.284. The lowest BCUT2D eigenvalue weighted by atomic mass is 10.1. The Hall–Kier alpha value is -2.51. The standard InChI is InChI=1S/C18H19ClN4O2S/c1-12-4-3-5-13(6-12)10-25-17-8-15(19)14(7-16(17)24-2)9-21-23-11-20-22-18(23)26/h3-8,11,21H,9-10H2,1-2H3,(H,22,26). The Morgan fingerprint density at radius 3 is 2.81 bits per heavy atom. The van der Waals surface area contributed by atoms with Gasteiger partial charge < -0.3 is 14.9 Å². The summed E-state index contributed by atoms with van der Waals surface area (Å²) < 4.78 is 13.5. The summed E-state index contributed by atoms with van der Waals surface area (Å²) in [7, 11) is 1.60. The third kappa shape index (κ3) is 4.36. The largest absolute Gasteiger partial charge is 0.493 e. The molecule has 3 rings (SSSR count). The molecule has 0 atom stereocenters. The first kappa shape index (κ1) is 18.3. The number of ether oxygens (including phenoxy) is 2. The number of nitrogens with one attached hydrogen (secondary N) is 2. The van der Waals surface area contributed by atoms with Gasteiger partial charge in [-0.25, -0.2) is 4.68 Å². The van der Waals surface area contributed by atoms with Gasteiger partial charge in [0.15, 0.2) is 11.5 Å². The lowest BCUT2D eigenvalue weighted by Gasteiger charge is -2.15. The minimum Gasteiger partial charge on any atom is -0.493 e. The van der Waals surface area contributed by atoms with Crippen LogP contribution in [0.25, 0.3) is 0 Å². The molecular weight excluding hydrogens is 372 g/mol. The van der Waals surface area contributed by atoms with Crippen LogP contribution in [0.5, 0.6) is 11.5 Å². The first-order valence-corrected chi connectivity index (χ1v) is 8.76. The van der Waals surface area contributed by atoms with Gasteiger partial charge in [0, 0.05) is 11.1 Å². The zero-order valence-electron chi connectivity index (χ0n) is 14.5. The van der Waals surface area contributed by atoms with E-state index in [1.54, 1.807) is 24.2 Å². The molecule has 136 valence electrons. The van der Waals surface area contributed by atoms with Crippen LogP contribution in [0.3, 0.4) is 0 Å². The van der Waals surface area contributed by atoms with Crippen molar-refractivity contribution < 1.29 is 9.47 Å². The van der Waals surface area contributed by atoms with E-state index in [2.05, 4.69) is 34.7 Å². The molecule has 0 unspecified atom stereocenters. The smallest absolute Gasteiger partial charge is 0.214 e. The molecule has 2 N–H and O–H groups in total. The van der Waals surface area contributed by atoms with Gasteiger partial charge in [0.05, 0.1) is 13.7 Å². The molecule has 0 aliphatic rings. The second-order valence-electron chi connectivity index (χ2n) is 5.74. The van der Waals surface area contributed by atoms with E-state index in [1.165, 1.54) is 5.56 Å². The minimum atomic E-state index is 0.441. The molecular formula is C18H19ClN4O2S. The Kier molecular flexibility index (Phi) is 5.80. The number of nitrogens with zero attached hydrogens (tertiary/aromatic N) is 2. The molecule has 8 heteroatoms. The fourth-order valence-corrected chi connectivity index (χ4v) is 2.86. The molecule has 1 heterocycles. The van der Waals surface area contributed by atoms with Crippen LogP contribution in [0.1, 0.15) is 16.7 Å². The predicted octanol–water partition coefficient (Wildman–Crippen LogP) is 4.23. The number of rotatable bonds is 7. The fourth-order valence-electron chi connectivity index (χ4n) is 2.48. The molecule has 0 fully saturated rings. The number of benzene rings is 2. The third-order valence-corrected chi connectivity index (χ3v) is 4.44. The van der Waals surface area contributed by atoms with Gasteiger partial charge in [0.25, 0.3) is 0 Å². The number of methoxy groups -OCH3 is 1. The summed E-state index contributed by atoms with van der Waals surface area (Å²) in [4.78, 5) is 0. The van der Waals surface area contributed by atoms with Gasteiger partial charge >= 0.3 is 0 Å². The van der Waals surface area contributed by atoms with E-state index in [0.717, 1.165) is 11.1 Å². The molecule has 0 aliphatic carbocycles. The van der Waals surface area contributed by atoms with Gasteiger partial charge in [-0.2, -0.15) is 5.10 Å². The number of H-pyrrole nitrogens is 1. The minimum absolute atomic E-state index is 0.441. The zero-order chi connectivity index (χ0) is 18.5. The Bertz CT molecular complexity index is 954. The van der Waals surface area contributed by atoms with Crippen LogP contribution in [-0.4, -0.2) is 22.0 Å². The Morgan fingerprint density at radius 1 is 1.27 bits per heavy atom. The summed E-state index contributed by atoms with van der Waals surface area (Å²) in [5.74, 6) is 1.22. The van der Waals surface area contributed by atoms with Gasteiger partial charge in [-0.15, -0.1) is 0 Å². The molecule has 0 spiro atoms. The molecule has 0 aliphatic heterocycles. The highest BCUT2D eigenvalue weighted by Gasteiger charge is 2.11. The van der Waals surface area contributed by atoms with Crippen LogP contribution in [0.2, 0.25) is 5.02 Å². The maximum Gasteiger partial charge on any atom is 0.214 e. The highest BCUT2D eigenvalue weighted by Crippen LogP contribution is 2.34. The van der Waals surface area contributed by atoms with Crippen LogP contribution in [0, 0.1) is 11.7 Å². The summed E-state index contributed by atoms with van der Waals surface area (Å²) in [6, 6.07) is 11.8. The number of aryl methyl sites for hydroxylation is 1. The van der Waals surface area contributed by atoms with E-state index in [0.29, 0.717) is 34.4 Å². The first-order chi connectivity index (χ1) is 12.6. The van der Waals surface area contributed by atoms with Gasteiger partial charge in [-0.3, -0.25) is 5.10 Å². The molecule has 26 heavy (non-hydrogen) atoms. The maximum atomic E-state index is 6.41. The molecule has 3 aromatic rings. The van der Waals surface area contributed by atoms with Crippen molar-refractivity contribution in [3.8, 4) is 11.5 Å². The maximum absolute atomic E-state index is 6.41. The van der Waals surface area contributed by atoms with E-state index in [-0.39, 0.29) is 0 Å². The summed E-state index contributed by atoms with van der Waals surface area (Å²) in [5, 5.41) is 7.11. The number of hydrogen-bond acceptors (Lipinski definition) is 5. The van der Waals surface area contributed by atoms with E-state index in [1.807, 2.05) is 18.2 Å². The van der Waals surface area contributed by atoms with Crippen molar-refractivity contribution in [2.75, 3.05) is 12.5 Å². The highest BCUT2D eigenvalue weighted by molar-refractivity contribution is 7.71. The summed E-state index contributed by atoms with van der Waals surface area (Å²) in [6.45, 7) is 2.95. The van der Waals surface area contributed by atoms with E-state index in [4.69, 9.17) is 33.3 Å². The highest BCUT2D eigenvalue weighted by atomic mass is 35.5. The normalized spacial score (nSPS) is 10.6. The second-order valence-corrected chi connectivity index (χ2v) is 6.53. The quantitative estimate of drug-likeness (QED) is 0.591. The molecule has 0 bridgehead atoms. The zero-order valence-corrected chi connectivity index (χ0v) is 16.0. The molecule has 2 aromatic carbocycles. The summed E-state index contributed by atoms with van der Waals surface area (Å²) in [6.07, 6.45) is 1.56. The van der Waals surface area contributed by atoms with Gasteiger partial charge in [0.2, 0.25) is 4.77 Å². The van der Waals surface area contributed by atoms with Crippen molar-refractivity contribution in [1.82, 2.24) is 14.9 Å². The number of aromatic nitrogens is 3. The summed E-state index contributed by atoms with van der Waals surface area (Å²) in [5.41, 5.74) is 6.26. The number of hydrogen-bond donors (Lipinski definition) is 2. The summed E-state index contributed by atoms with van der Waals surface area (Å²) >= 11 is 11.5. The van der Waals surface area contributed by atoms with Crippen molar-refractivity contribution in [2.24, 2.45) is 0 Å². The van der Waals surface area contributed by atoms with Crippen LogP contribution < -0.4 is 14.9 Å². The Morgan fingerprint density at radius 2 is 2.12 bits per heavy atom. The van der Waals surface area contributed by atoms with Gasteiger partial charge in [-0.05, 0) is 36.3 Å². The first-order valence-electron chi connectivity index (χ1n) is 7.97. The SMILES string of the molecule is COc1cc(CNn2cn[nH]c2=S)c(Cl)cc1OCc1cccc(C)c1. The monoisotopic (exact) mass is 390 g/mol. The van der Waals surface area contributed by atoms with E-state index >= 15 is 0 Å². The molecule has 0 amide bonds. The topological polar surface area (TPSA) is 64.1 Å². The number of halogens is 1. The average molecular weight is 391 g/mol. The third-order valence-electron chi connectivity index (χ3n) is 3.80. The predicted molar refractivity (Wildman–Crippen MR) is 104 cm³/mol. The molecule has 0 radical (unpaired) electrons. The second kappa shape index (κ2) is 8.25. The van der Waals surface area contributed by atoms with Crippen molar-refractivity contribution in [3.63, 3.8) is 0 Å². The van der Waals surface area contributed by atoms with Crippen LogP contribution >= 0.6 is 23.8 Å². The number of aromatic amines is 1. The lowest BCUT2D eigenvalue weighted by Crippen LogP contribution is -2.13. The van der Waals surface area contributed by atoms with E-state index < -0.39 is 0 Å². The van der Waals surface area contributed by atoms with Crippen molar-refractivity contribution in [3.05, 3.63) is 69.2 Å². The molecule has 0 saturated heterocycles. The Labute approximate surface area is 161 Å². The van der Waals surface area contributed by atoms with Crippen LogP contribution in [0.4, 0.5) is 0 Å². The van der Waals surface area contributed by atoms with Crippen molar-refractivity contribution >= 4 is 23.8 Å². The van der Waals surface area contributed by atoms with Gasteiger partial charge in [-0.1, -0.05) is 41.4 Å².